The van der Waals surface area contributed by atoms with Gasteiger partial charge in [0.1, 0.15) is 5.60 Å². The lowest BCUT2D eigenvalue weighted by atomic mass is 9.82. The highest BCUT2D eigenvalue weighted by atomic mass is 16.6. The van der Waals surface area contributed by atoms with E-state index in [2.05, 4.69) is 27.7 Å². The Balaban J connectivity index is 0.000000314. The number of benzene rings is 2. The Morgan fingerprint density at radius 3 is 1.50 bits per heavy atom. The molecule has 4 nitrogen and oxygen atoms in total. The van der Waals surface area contributed by atoms with Crippen LogP contribution in [0.5, 0.6) is 0 Å². The summed E-state index contributed by atoms with van der Waals surface area (Å²) in [5, 5.41) is 8.38. The fraction of sp³-hybridized carbons (Fsp3) is 0.364. The third-order valence-electron chi connectivity index (χ3n) is 4.64. The van der Waals surface area contributed by atoms with Crippen molar-refractivity contribution < 1.29 is 19.4 Å². The molecule has 26 heavy (non-hydrogen) atoms. The van der Waals surface area contributed by atoms with Gasteiger partial charge in [0.25, 0.3) is 0 Å². The van der Waals surface area contributed by atoms with Gasteiger partial charge in [-0.2, -0.15) is 0 Å². The van der Waals surface area contributed by atoms with Gasteiger partial charge in [-0.15, -0.1) is 0 Å². The summed E-state index contributed by atoms with van der Waals surface area (Å²) in [5.41, 5.74) is 0.518. The third kappa shape index (κ3) is 6.03. The highest BCUT2D eigenvalue weighted by Crippen LogP contribution is 2.30. The molecule has 4 heteroatoms. The topological polar surface area (TPSA) is 63.6 Å². The molecule has 0 saturated carbocycles. The number of esters is 1. The summed E-state index contributed by atoms with van der Waals surface area (Å²) in [7, 11) is 0. The number of ether oxygens (including phenoxy) is 1. The molecule has 0 aliphatic rings. The molecule has 1 N–H and O–H groups in total. The minimum absolute atomic E-state index is 0.240. The Morgan fingerprint density at radius 2 is 1.19 bits per heavy atom. The van der Waals surface area contributed by atoms with Gasteiger partial charge >= 0.3 is 11.9 Å². The second-order valence-corrected chi connectivity index (χ2v) is 6.92. The SMILES string of the molecule is CC(C)C(C)(OC(=O)c1ccccc1)C(C)C.O=C(O)c1ccccc1. The zero-order valence-electron chi connectivity index (χ0n) is 16.1. The van der Waals surface area contributed by atoms with Crippen LogP contribution >= 0.6 is 0 Å². The number of aromatic carboxylic acids is 1. The summed E-state index contributed by atoms with van der Waals surface area (Å²) in [4.78, 5) is 22.2. The predicted octanol–water partition coefficient (Wildman–Crippen LogP) is 5.30. The molecule has 2 aromatic rings. The molecule has 2 aromatic carbocycles. The second kappa shape index (κ2) is 9.76. The van der Waals surface area contributed by atoms with Crippen LogP contribution in [0.15, 0.2) is 60.7 Å². The Morgan fingerprint density at radius 1 is 0.808 bits per heavy atom. The molecule has 0 fully saturated rings. The first kappa shape index (κ1) is 21.4. The number of rotatable bonds is 5. The van der Waals surface area contributed by atoms with Crippen LogP contribution in [0.2, 0.25) is 0 Å². The molecule has 140 valence electrons. The summed E-state index contributed by atoms with van der Waals surface area (Å²) in [6.07, 6.45) is 0. The molecule has 0 bridgehead atoms. The molecule has 0 heterocycles. The van der Waals surface area contributed by atoms with E-state index in [1.165, 1.54) is 0 Å². The molecule has 0 atom stereocenters. The first-order valence-corrected chi connectivity index (χ1v) is 8.75. The Kier molecular flexibility index (Phi) is 8.04. The van der Waals surface area contributed by atoms with Crippen molar-refractivity contribution in [1.29, 1.82) is 0 Å². The van der Waals surface area contributed by atoms with E-state index in [9.17, 15) is 9.59 Å². The van der Waals surface area contributed by atoms with E-state index in [0.717, 1.165) is 0 Å². The molecule has 2 rings (SSSR count). The van der Waals surface area contributed by atoms with Gasteiger partial charge < -0.3 is 9.84 Å². The van der Waals surface area contributed by atoms with Crippen LogP contribution in [0, 0.1) is 11.8 Å². The summed E-state index contributed by atoms with van der Waals surface area (Å²) in [6.45, 7) is 10.3. The van der Waals surface area contributed by atoms with Crippen LogP contribution in [0.3, 0.4) is 0 Å². The van der Waals surface area contributed by atoms with Crippen molar-refractivity contribution in [3.8, 4) is 0 Å². The Labute approximate surface area is 155 Å². The fourth-order valence-corrected chi connectivity index (χ4v) is 2.32. The zero-order chi connectivity index (χ0) is 19.7. The average Bonchev–Trinajstić information content (AvgIpc) is 2.63. The Bertz CT molecular complexity index is 683. The van der Waals surface area contributed by atoms with E-state index in [0.29, 0.717) is 11.1 Å². The summed E-state index contributed by atoms with van der Waals surface area (Å²) >= 11 is 0. The molecule has 0 spiro atoms. The van der Waals surface area contributed by atoms with Crippen LogP contribution < -0.4 is 0 Å². The van der Waals surface area contributed by atoms with Crippen LogP contribution in [-0.2, 0) is 4.74 Å². The van der Waals surface area contributed by atoms with E-state index in [1.807, 2.05) is 25.1 Å². The van der Waals surface area contributed by atoms with Gasteiger partial charge in [-0.25, -0.2) is 9.59 Å². The number of hydrogen-bond acceptors (Lipinski definition) is 3. The monoisotopic (exact) mass is 356 g/mol. The smallest absolute Gasteiger partial charge is 0.338 e. The Hall–Kier alpha value is -2.62. The van der Waals surface area contributed by atoms with Crippen LogP contribution in [0.4, 0.5) is 0 Å². The fourth-order valence-electron chi connectivity index (χ4n) is 2.32. The number of carbonyl (C=O) groups is 2. The number of carboxylic acid groups (broad SMARTS) is 1. The average molecular weight is 356 g/mol. The van der Waals surface area contributed by atoms with Crippen molar-refractivity contribution >= 4 is 11.9 Å². The van der Waals surface area contributed by atoms with Crippen LogP contribution in [0.1, 0.15) is 55.3 Å². The van der Waals surface area contributed by atoms with Crippen molar-refractivity contribution in [2.45, 2.75) is 40.2 Å². The van der Waals surface area contributed by atoms with Crippen LogP contribution in [0.25, 0.3) is 0 Å². The summed E-state index contributed by atoms with van der Waals surface area (Å²) < 4.78 is 5.71. The maximum absolute atomic E-state index is 12.0. The normalized spacial score (nSPS) is 10.9. The van der Waals surface area contributed by atoms with Gasteiger partial charge in [-0.3, -0.25) is 0 Å². The van der Waals surface area contributed by atoms with Gasteiger partial charge in [-0.1, -0.05) is 64.1 Å². The summed E-state index contributed by atoms with van der Waals surface area (Å²) in [6, 6.07) is 17.4. The van der Waals surface area contributed by atoms with E-state index in [-0.39, 0.29) is 17.8 Å². The van der Waals surface area contributed by atoms with Crippen LogP contribution in [-0.4, -0.2) is 22.6 Å². The van der Waals surface area contributed by atoms with Gasteiger partial charge in [-0.05, 0) is 43.0 Å². The van der Waals surface area contributed by atoms with Crippen molar-refractivity contribution in [3.63, 3.8) is 0 Å². The lowest BCUT2D eigenvalue weighted by Crippen LogP contribution is -2.42. The number of carboxylic acids is 1. The van der Waals surface area contributed by atoms with Crippen molar-refractivity contribution in [2.24, 2.45) is 11.8 Å². The second-order valence-electron chi connectivity index (χ2n) is 6.92. The standard InChI is InChI=1S/C15H22O2.C7H6O2/c1-11(2)15(5,12(3)4)17-14(16)13-9-7-6-8-10-13;8-7(9)6-4-2-1-3-5-6/h6-12H,1-5H3;1-5H,(H,8,9). The lowest BCUT2D eigenvalue weighted by Gasteiger charge is -2.37. The molecular weight excluding hydrogens is 328 g/mol. The lowest BCUT2D eigenvalue weighted by molar-refractivity contribution is -0.0594. The third-order valence-corrected chi connectivity index (χ3v) is 4.64. The van der Waals surface area contributed by atoms with E-state index in [4.69, 9.17) is 9.84 Å². The number of carbonyl (C=O) groups excluding carboxylic acids is 1. The minimum Gasteiger partial charge on any atom is -0.478 e. The van der Waals surface area contributed by atoms with Gasteiger partial charge in [0.15, 0.2) is 0 Å². The van der Waals surface area contributed by atoms with Gasteiger partial charge in [0.2, 0.25) is 0 Å². The molecule has 0 aromatic heterocycles. The quantitative estimate of drug-likeness (QED) is 0.739. The van der Waals surface area contributed by atoms with E-state index in [1.54, 1.807) is 42.5 Å². The largest absolute Gasteiger partial charge is 0.478 e. The van der Waals surface area contributed by atoms with E-state index >= 15 is 0 Å². The van der Waals surface area contributed by atoms with E-state index < -0.39 is 11.6 Å². The highest BCUT2D eigenvalue weighted by molar-refractivity contribution is 5.89. The van der Waals surface area contributed by atoms with Crippen molar-refractivity contribution in [1.82, 2.24) is 0 Å². The first-order valence-electron chi connectivity index (χ1n) is 8.75. The molecule has 0 amide bonds. The van der Waals surface area contributed by atoms with Gasteiger partial charge in [0.05, 0.1) is 11.1 Å². The molecule has 0 radical (unpaired) electrons. The minimum atomic E-state index is -0.879. The van der Waals surface area contributed by atoms with Crippen molar-refractivity contribution in [3.05, 3.63) is 71.8 Å². The molecule has 0 unspecified atom stereocenters. The molecule has 0 aliphatic carbocycles. The maximum Gasteiger partial charge on any atom is 0.338 e. The molecule has 0 aliphatic heterocycles. The summed E-state index contributed by atoms with van der Waals surface area (Å²) in [5.74, 6) is -0.545. The van der Waals surface area contributed by atoms with Crippen molar-refractivity contribution in [2.75, 3.05) is 0 Å². The highest BCUT2D eigenvalue weighted by Gasteiger charge is 2.36. The zero-order valence-corrected chi connectivity index (χ0v) is 16.1. The maximum atomic E-state index is 12.0. The molecular formula is C22H28O4. The number of hydrogen-bond donors (Lipinski definition) is 1. The molecule has 0 saturated heterocycles. The first-order chi connectivity index (χ1) is 12.2. The predicted molar refractivity (Wildman–Crippen MR) is 103 cm³/mol. The van der Waals surface area contributed by atoms with Gasteiger partial charge in [0, 0.05) is 0 Å².